The van der Waals surface area contributed by atoms with E-state index in [1.54, 1.807) is 17.7 Å². The first kappa shape index (κ1) is 15.6. The maximum atomic E-state index is 13.1. The SMILES string of the molecule is Cc1nc2ncn(Cc3ccc(F)cc3Cl)n2c(=O)c1CCO. The number of fused-ring (bicyclic) bond motifs is 1. The monoisotopic (exact) mass is 336 g/mol. The Balaban J connectivity index is 2.11. The van der Waals surface area contributed by atoms with Crippen LogP contribution in [0.5, 0.6) is 0 Å². The number of aryl methyl sites for hydroxylation is 1. The summed E-state index contributed by atoms with van der Waals surface area (Å²) in [7, 11) is 0. The van der Waals surface area contributed by atoms with E-state index in [2.05, 4.69) is 9.97 Å². The number of rotatable bonds is 4. The summed E-state index contributed by atoms with van der Waals surface area (Å²) in [5, 5.41) is 9.38. The summed E-state index contributed by atoms with van der Waals surface area (Å²) in [4.78, 5) is 21.0. The fraction of sp³-hybridized carbons (Fsp3) is 0.267. The molecular formula is C15H14ClFN4O2. The number of hydrogen-bond donors (Lipinski definition) is 1. The Kier molecular flexibility index (Phi) is 4.14. The Labute approximate surface area is 135 Å². The van der Waals surface area contributed by atoms with Gasteiger partial charge in [0.25, 0.3) is 11.3 Å². The molecule has 23 heavy (non-hydrogen) atoms. The van der Waals surface area contributed by atoms with Crippen LogP contribution in [-0.4, -0.2) is 30.9 Å². The Hall–Kier alpha value is -2.25. The normalized spacial score (nSPS) is 11.3. The maximum Gasteiger partial charge on any atom is 0.277 e. The van der Waals surface area contributed by atoms with E-state index in [1.807, 2.05) is 0 Å². The van der Waals surface area contributed by atoms with Crippen LogP contribution >= 0.6 is 11.6 Å². The molecular weight excluding hydrogens is 323 g/mol. The molecule has 1 aromatic carbocycles. The minimum atomic E-state index is -0.422. The quantitative estimate of drug-likeness (QED) is 0.785. The molecule has 0 aliphatic heterocycles. The molecule has 8 heteroatoms. The predicted octanol–water partition coefficient (Wildman–Crippen LogP) is 1.58. The average molecular weight is 337 g/mol. The molecule has 0 bridgehead atoms. The minimum Gasteiger partial charge on any atom is -0.396 e. The molecule has 0 atom stereocenters. The van der Waals surface area contributed by atoms with Crippen molar-refractivity contribution in [3.63, 3.8) is 0 Å². The van der Waals surface area contributed by atoms with E-state index in [4.69, 9.17) is 16.7 Å². The Morgan fingerprint density at radius 1 is 1.39 bits per heavy atom. The van der Waals surface area contributed by atoms with Crippen molar-refractivity contribution < 1.29 is 9.50 Å². The lowest BCUT2D eigenvalue weighted by atomic mass is 10.2. The van der Waals surface area contributed by atoms with Gasteiger partial charge in [-0.25, -0.2) is 9.37 Å². The van der Waals surface area contributed by atoms with E-state index >= 15 is 0 Å². The second kappa shape index (κ2) is 6.10. The third kappa shape index (κ3) is 2.85. The molecule has 1 N–H and O–H groups in total. The lowest BCUT2D eigenvalue weighted by Gasteiger charge is -2.09. The first-order valence-electron chi connectivity index (χ1n) is 6.99. The van der Waals surface area contributed by atoms with Gasteiger partial charge < -0.3 is 5.11 Å². The van der Waals surface area contributed by atoms with Crippen molar-refractivity contribution in [2.45, 2.75) is 19.9 Å². The van der Waals surface area contributed by atoms with Crippen molar-refractivity contribution >= 4 is 17.4 Å². The molecule has 0 amide bonds. The number of halogens is 2. The second-order valence-electron chi connectivity index (χ2n) is 5.14. The van der Waals surface area contributed by atoms with Gasteiger partial charge in [-0.2, -0.15) is 9.50 Å². The van der Waals surface area contributed by atoms with Crippen molar-refractivity contribution in [2.24, 2.45) is 0 Å². The predicted molar refractivity (Wildman–Crippen MR) is 83.3 cm³/mol. The lowest BCUT2D eigenvalue weighted by molar-refractivity contribution is 0.298. The van der Waals surface area contributed by atoms with E-state index in [-0.39, 0.29) is 35.9 Å². The zero-order valence-electron chi connectivity index (χ0n) is 12.3. The largest absolute Gasteiger partial charge is 0.396 e. The third-order valence-electron chi connectivity index (χ3n) is 3.62. The molecule has 2 aromatic heterocycles. The van der Waals surface area contributed by atoms with E-state index in [1.165, 1.54) is 23.0 Å². The van der Waals surface area contributed by atoms with Gasteiger partial charge in [0.15, 0.2) is 0 Å². The van der Waals surface area contributed by atoms with Crippen LogP contribution < -0.4 is 5.56 Å². The van der Waals surface area contributed by atoms with Crippen LogP contribution in [0.4, 0.5) is 4.39 Å². The highest BCUT2D eigenvalue weighted by molar-refractivity contribution is 6.31. The van der Waals surface area contributed by atoms with Crippen molar-refractivity contribution in [2.75, 3.05) is 6.61 Å². The van der Waals surface area contributed by atoms with E-state index < -0.39 is 5.82 Å². The van der Waals surface area contributed by atoms with Gasteiger partial charge >= 0.3 is 0 Å². The minimum absolute atomic E-state index is 0.137. The second-order valence-corrected chi connectivity index (χ2v) is 5.55. The topological polar surface area (TPSA) is 72.4 Å². The van der Waals surface area contributed by atoms with Crippen LogP contribution in [0.3, 0.4) is 0 Å². The van der Waals surface area contributed by atoms with Gasteiger partial charge in [0.1, 0.15) is 12.1 Å². The average Bonchev–Trinajstić information content (AvgIpc) is 2.89. The summed E-state index contributed by atoms with van der Waals surface area (Å²) in [6, 6.07) is 4.09. The van der Waals surface area contributed by atoms with Crippen LogP contribution in [0.15, 0.2) is 29.3 Å². The molecule has 0 fully saturated rings. The molecule has 6 nitrogen and oxygen atoms in total. The van der Waals surface area contributed by atoms with Gasteiger partial charge in [-0.15, -0.1) is 0 Å². The van der Waals surface area contributed by atoms with Crippen molar-refractivity contribution in [3.8, 4) is 0 Å². The molecule has 120 valence electrons. The van der Waals surface area contributed by atoms with Crippen molar-refractivity contribution in [1.82, 2.24) is 19.2 Å². The maximum absolute atomic E-state index is 13.1. The van der Waals surface area contributed by atoms with Gasteiger partial charge in [-0.05, 0) is 24.6 Å². The number of benzene rings is 1. The number of aliphatic hydroxyl groups is 1. The van der Waals surface area contributed by atoms with Crippen molar-refractivity contribution in [1.29, 1.82) is 0 Å². The van der Waals surface area contributed by atoms with Crippen LogP contribution in [-0.2, 0) is 13.0 Å². The summed E-state index contributed by atoms with van der Waals surface area (Å²) in [6.07, 6.45) is 1.70. The molecule has 0 spiro atoms. The summed E-state index contributed by atoms with van der Waals surface area (Å²) in [5.74, 6) is -0.152. The van der Waals surface area contributed by atoms with Crippen LogP contribution in [0.2, 0.25) is 5.02 Å². The fourth-order valence-electron chi connectivity index (χ4n) is 2.46. The molecule has 2 heterocycles. The van der Waals surface area contributed by atoms with Crippen LogP contribution in [0, 0.1) is 12.7 Å². The van der Waals surface area contributed by atoms with Crippen LogP contribution in [0.25, 0.3) is 5.78 Å². The first-order valence-corrected chi connectivity index (χ1v) is 7.37. The zero-order chi connectivity index (χ0) is 16.6. The molecule has 0 saturated carbocycles. The van der Waals surface area contributed by atoms with Gasteiger partial charge in [0, 0.05) is 23.6 Å². The smallest absolute Gasteiger partial charge is 0.277 e. The fourth-order valence-corrected chi connectivity index (χ4v) is 2.69. The number of aromatic nitrogens is 4. The molecule has 0 saturated heterocycles. The van der Waals surface area contributed by atoms with E-state index in [0.717, 1.165) is 0 Å². The van der Waals surface area contributed by atoms with Crippen molar-refractivity contribution in [3.05, 3.63) is 62.5 Å². The Morgan fingerprint density at radius 2 is 2.17 bits per heavy atom. The highest BCUT2D eigenvalue weighted by Crippen LogP contribution is 2.18. The van der Waals surface area contributed by atoms with Gasteiger partial charge in [-0.1, -0.05) is 17.7 Å². The number of aliphatic hydroxyl groups excluding tert-OH is 1. The van der Waals surface area contributed by atoms with E-state index in [0.29, 0.717) is 16.8 Å². The summed E-state index contributed by atoms with van der Waals surface area (Å²) in [6.45, 7) is 1.82. The first-order chi connectivity index (χ1) is 11.0. The lowest BCUT2D eigenvalue weighted by Crippen LogP contribution is -2.27. The van der Waals surface area contributed by atoms with Crippen LogP contribution in [0.1, 0.15) is 16.8 Å². The molecule has 0 radical (unpaired) electrons. The van der Waals surface area contributed by atoms with Gasteiger partial charge in [0.2, 0.25) is 0 Å². The summed E-state index contributed by atoms with van der Waals surface area (Å²) < 4.78 is 16.0. The molecule has 0 aliphatic rings. The zero-order valence-corrected chi connectivity index (χ0v) is 13.1. The molecule has 3 rings (SSSR count). The Morgan fingerprint density at radius 3 is 2.87 bits per heavy atom. The Bertz CT molecular complexity index is 935. The summed E-state index contributed by atoms with van der Waals surface area (Å²) >= 11 is 6.03. The highest BCUT2D eigenvalue weighted by atomic mass is 35.5. The molecule has 0 unspecified atom stereocenters. The summed E-state index contributed by atoms with van der Waals surface area (Å²) in [5.41, 5.74) is 1.37. The van der Waals surface area contributed by atoms with Gasteiger partial charge in [0.05, 0.1) is 12.2 Å². The van der Waals surface area contributed by atoms with Gasteiger partial charge in [-0.3, -0.25) is 9.48 Å². The molecule has 3 aromatic rings. The molecule has 0 aliphatic carbocycles. The standard InChI is InChI=1S/C15H14ClFN4O2/c1-9-12(4-5-22)14(23)21-15(19-9)18-8-20(21)7-10-2-3-11(17)6-13(10)16/h2-3,6,8,22H,4-5,7H2,1H3. The van der Waals surface area contributed by atoms with E-state index in [9.17, 15) is 9.18 Å². The highest BCUT2D eigenvalue weighted by Gasteiger charge is 2.14. The third-order valence-corrected chi connectivity index (χ3v) is 3.97. The number of nitrogens with zero attached hydrogens (tertiary/aromatic N) is 4. The number of hydrogen-bond acceptors (Lipinski definition) is 4.